The average molecular weight is 541 g/mol. The van der Waals surface area contributed by atoms with Gasteiger partial charge in [-0.15, -0.1) is 0 Å². The van der Waals surface area contributed by atoms with Gasteiger partial charge in [-0.1, -0.05) is 11.6 Å². The lowest BCUT2D eigenvalue weighted by Gasteiger charge is -2.20. The molecule has 1 atom stereocenters. The van der Waals surface area contributed by atoms with Crippen LogP contribution in [0.15, 0.2) is 58.4 Å². The number of fused-ring (bicyclic) bond motifs is 2. The van der Waals surface area contributed by atoms with Gasteiger partial charge < -0.3 is 14.7 Å². The lowest BCUT2D eigenvalue weighted by Crippen LogP contribution is -2.39. The molecular formula is C25H19ClF2N6O4. The number of nitrogens with zero attached hydrogens (tertiary/aromatic N) is 6. The molecule has 1 fully saturated rings. The summed E-state index contributed by atoms with van der Waals surface area (Å²) in [4.78, 5) is 38.4. The van der Waals surface area contributed by atoms with Crippen LogP contribution in [0.2, 0.25) is 5.02 Å². The molecule has 0 saturated carbocycles. The van der Waals surface area contributed by atoms with Crippen molar-refractivity contribution in [2.45, 2.75) is 12.5 Å². The molecule has 0 spiro atoms. The van der Waals surface area contributed by atoms with E-state index in [1.54, 1.807) is 6.07 Å². The number of benzene rings is 1. The standard InChI is InChI=1S/C25H19ClF2N6O4/c1-38-23-22-18(10-20(30-23)31-6-5-15(35)12-31)33(14-2-3-17(28)16(26)9-14)25(37)34(24(22)36)21-11-29-19-8-13(27)4-7-32(19)21/h2-4,7-11,15,35H,5-6,12H2,1H3/t15-/m1/s1. The van der Waals surface area contributed by atoms with Crippen LogP contribution < -0.4 is 20.9 Å². The molecule has 1 aliphatic rings. The minimum absolute atomic E-state index is 0.0342. The fourth-order valence-electron chi connectivity index (χ4n) is 4.72. The van der Waals surface area contributed by atoms with Gasteiger partial charge in [-0.05, 0) is 30.7 Å². The predicted octanol–water partition coefficient (Wildman–Crippen LogP) is 2.70. The van der Waals surface area contributed by atoms with E-state index in [4.69, 9.17) is 16.3 Å². The molecule has 4 aromatic heterocycles. The van der Waals surface area contributed by atoms with Crippen molar-refractivity contribution in [3.63, 3.8) is 0 Å². The molecule has 0 amide bonds. The molecule has 0 unspecified atom stereocenters. The number of hydrogen-bond donors (Lipinski definition) is 1. The van der Waals surface area contributed by atoms with Crippen LogP contribution >= 0.6 is 11.6 Å². The van der Waals surface area contributed by atoms with E-state index in [0.29, 0.717) is 25.3 Å². The van der Waals surface area contributed by atoms with E-state index in [2.05, 4.69) is 9.97 Å². The number of aliphatic hydroxyl groups is 1. The summed E-state index contributed by atoms with van der Waals surface area (Å²) in [7, 11) is 1.34. The monoisotopic (exact) mass is 540 g/mol. The summed E-state index contributed by atoms with van der Waals surface area (Å²) in [6.07, 6.45) is 2.59. The number of pyridine rings is 2. The number of halogens is 3. The second kappa shape index (κ2) is 8.92. The zero-order chi connectivity index (χ0) is 26.7. The molecule has 0 radical (unpaired) electrons. The lowest BCUT2D eigenvalue weighted by atomic mass is 10.2. The van der Waals surface area contributed by atoms with Gasteiger partial charge >= 0.3 is 5.69 Å². The highest BCUT2D eigenvalue weighted by Gasteiger charge is 2.27. The van der Waals surface area contributed by atoms with Gasteiger partial charge in [-0.2, -0.15) is 4.98 Å². The van der Waals surface area contributed by atoms with Crippen LogP contribution in [0.3, 0.4) is 0 Å². The first-order valence-electron chi connectivity index (χ1n) is 11.5. The van der Waals surface area contributed by atoms with Gasteiger partial charge in [0.25, 0.3) is 5.56 Å². The van der Waals surface area contributed by atoms with Gasteiger partial charge in [-0.25, -0.2) is 23.1 Å². The number of methoxy groups -OCH3 is 1. The third-order valence-corrected chi connectivity index (χ3v) is 6.81. The van der Waals surface area contributed by atoms with Crippen molar-refractivity contribution in [1.82, 2.24) is 23.5 Å². The van der Waals surface area contributed by atoms with Crippen molar-refractivity contribution < 1.29 is 18.6 Å². The molecule has 1 N–H and O–H groups in total. The van der Waals surface area contributed by atoms with Gasteiger partial charge in [0, 0.05) is 31.4 Å². The lowest BCUT2D eigenvalue weighted by molar-refractivity contribution is 0.198. The molecule has 1 saturated heterocycles. The maximum atomic E-state index is 14.1. The zero-order valence-corrected chi connectivity index (χ0v) is 20.6. The van der Waals surface area contributed by atoms with Gasteiger partial charge in [0.05, 0.1) is 35.6 Å². The Balaban J connectivity index is 1.74. The fourth-order valence-corrected chi connectivity index (χ4v) is 4.89. The number of aliphatic hydroxyl groups excluding tert-OH is 1. The Morgan fingerprint density at radius 3 is 2.66 bits per heavy atom. The molecule has 38 heavy (non-hydrogen) atoms. The van der Waals surface area contributed by atoms with E-state index in [-0.39, 0.29) is 39.0 Å². The average Bonchev–Trinajstić information content (AvgIpc) is 3.51. The Labute approximate surface area is 217 Å². The normalized spacial score (nSPS) is 15.6. The zero-order valence-electron chi connectivity index (χ0n) is 19.8. The van der Waals surface area contributed by atoms with Crippen molar-refractivity contribution in [2.24, 2.45) is 0 Å². The topological polar surface area (TPSA) is 107 Å². The fraction of sp³-hybridized carbons (Fsp3) is 0.200. The van der Waals surface area contributed by atoms with Gasteiger partial charge in [0.15, 0.2) is 0 Å². The highest BCUT2D eigenvalue weighted by Crippen LogP contribution is 2.30. The van der Waals surface area contributed by atoms with Crippen LogP contribution in [-0.4, -0.2) is 54.9 Å². The largest absolute Gasteiger partial charge is 0.480 e. The van der Waals surface area contributed by atoms with Gasteiger partial charge in [0.1, 0.15) is 34.3 Å². The van der Waals surface area contributed by atoms with E-state index < -0.39 is 29.0 Å². The van der Waals surface area contributed by atoms with Crippen LogP contribution in [0, 0.1) is 11.6 Å². The van der Waals surface area contributed by atoms with Gasteiger partial charge in [-0.3, -0.25) is 13.8 Å². The van der Waals surface area contributed by atoms with Crippen LogP contribution in [0.1, 0.15) is 6.42 Å². The Morgan fingerprint density at radius 1 is 1.13 bits per heavy atom. The number of anilines is 1. The second-order valence-electron chi connectivity index (χ2n) is 8.82. The molecule has 6 rings (SSSR count). The summed E-state index contributed by atoms with van der Waals surface area (Å²) in [6, 6.07) is 7.60. The Bertz CT molecular complexity index is 1870. The van der Waals surface area contributed by atoms with E-state index in [1.807, 2.05) is 4.90 Å². The smallest absolute Gasteiger partial charge is 0.342 e. The highest BCUT2D eigenvalue weighted by atomic mass is 35.5. The number of ether oxygens (including phenoxy) is 1. The molecule has 10 nitrogen and oxygen atoms in total. The van der Waals surface area contributed by atoms with E-state index in [9.17, 15) is 23.5 Å². The summed E-state index contributed by atoms with van der Waals surface area (Å²) in [6.45, 7) is 0.814. The summed E-state index contributed by atoms with van der Waals surface area (Å²) >= 11 is 6.06. The van der Waals surface area contributed by atoms with E-state index in [0.717, 1.165) is 16.7 Å². The molecule has 1 aromatic carbocycles. The van der Waals surface area contributed by atoms with Gasteiger partial charge in [0.2, 0.25) is 5.88 Å². The molecule has 0 aliphatic carbocycles. The number of hydrogen-bond acceptors (Lipinski definition) is 7. The van der Waals surface area contributed by atoms with Crippen molar-refractivity contribution in [3.05, 3.63) is 86.3 Å². The van der Waals surface area contributed by atoms with E-state index >= 15 is 0 Å². The highest BCUT2D eigenvalue weighted by molar-refractivity contribution is 6.30. The SMILES string of the molecule is COc1nc(N2CC[C@@H](O)C2)cc2c1c(=O)n(-c1cnc3cc(F)ccn13)c(=O)n2-c1ccc(F)c(Cl)c1. The number of imidazole rings is 1. The first-order chi connectivity index (χ1) is 18.3. The molecule has 0 bridgehead atoms. The molecule has 1 aliphatic heterocycles. The quantitative estimate of drug-likeness (QED) is 0.373. The summed E-state index contributed by atoms with van der Waals surface area (Å²) in [5, 5.41) is 9.77. The third-order valence-electron chi connectivity index (χ3n) is 6.52. The third kappa shape index (κ3) is 3.72. The predicted molar refractivity (Wildman–Crippen MR) is 136 cm³/mol. The van der Waals surface area contributed by atoms with Crippen molar-refractivity contribution in [1.29, 1.82) is 0 Å². The molecule has 5 aromatic rings. The number of β-amino-alcohol motifs (C(OH)–C–C–N with tert-alkyl or cyclic N) is 1. The molecule has 5 heterocycles. The van der Waals surface area contributed by atoms with E-state index in [1.165, 1.54) is 46.7 Å². The molecule has 194 valence electrons. The maximum Gasteiger partial charge on any atom is 0.342 e. The van der Waals surface area contributed by atoms with Crippen LogP contribution in [0.5, 0.6) is 5.88 Å². The maximum absolute atomic E-state index is 14.1. The Morgan fingerprint density at radius 2 is 1.95 bits per heavy atom. The first kappa shape index (κ1) is 24.1. The van der Waals surface area contributed by atoms with Crippen LogP contribution in [0.4, 0.5) is 14.6 Å². The molecule has 13 heteroatoms. The Kier molecular flexibility index (Phi) is 5.65. The number of rotatable bonds is 4. The minimum atomic E-state index is -0.808. The van der Waals surface area contributed by atoms with Crippen LogP contribution in [0.25, 0.3) is 28.1 Å². The van der Waals surface area contributed by atoms with Crippen molar-refractivity contribution >= 4 is 34.0 Å². The van der Waals surface area contributed by atoms with Crippen LogP contribution in [-0.2, 0) is 0 Å². The summed E-state index contributed by atoms with van der Waals surface area (Å²) < 4.78 is 36.8. The second-order valence-corrected chi connectivity index (χ2v) is 9.23. The minimum Gasteiger partial charge on any atom is -0.480 e. The van der Waals surface area contributed by atoms with Crippen molar-refractivity contribution in [3.8, 4) is 17.4 Å². The first-order valence-corrected chi connectivity index (χ1v) is 11.9. The molecular weight excluding hydrogens is 522 g/mol. The number of aromatic nitrogens is 5. The summed E-state index contributed by atoms with van der Waals surface area (Å²) in [5.74, 6) is -0.845. The summed E-state index contributed by atoms with van der Waals surface area (Å²) in [5.41, 5.74) is -1.06. The Hall–Kier alpha value is -4.29. The van der Waals surface area contributed by atoms with Crippen molar-refractivity contribution in [2.75, 3.05) is 25.1 Å².